The van der Waals surface area contributed by atoms with E-state index in [-0.39, 0.29) is 22.2 Å². The summed E-state index contributed by atoms with van der Waals surface area (Å²) in [5.74, 6) is -0.0947. The SMILES string of the molecule is Cn1ccnc1C(=O)c1ccc(NS(=O)(=O)c2ccc(C(F)(F)F)cc2)cc1. The average Bonchev–Trinajstić information content (AvgIpc) is 3.07. The lowest BCUT2D eigenvalue weighted by atomic mass is 10.1. The van der Waals surface area contributed by atoms with Crippen molar-refractivity contribution in [2.24, 2.45) is 7.05 Å². The summed E-state index contributed by atoms with van der Waals surface area (Å²) in [4.78, 5) is 16.0. The average molecular weight is 409 g/mol. The van der Waals surface area contributed by atoms with E-state index in [0.717, 1.165) is 12.1 Å². The lowest BCUT2D eigenvalue weighted by Crippen LogP contribution is -2.14. The lowest BCUT2D eigenvalue weighted by Gasteiger charge is -2.10. The minimum Gasteiger partial charge on any atom is -0.331 e. The van der Waals surface area contributed by atoms with Gasteiger partial charge in [0.15, 0.2) is 5.82 Å². The molecular weight excluding hydrogens is 395 g/mol. The van der Waals surface area contributed by atoms with E-state index in [1.54, 1.807) is 17.8 Å². The number of hydrogen-bond acceptors (Lipinski definition) is 4. The molecule has 0 radical (unpaired) electrons. The second-order valence-electron chi connectivity index (χ2n) is 5.90. The van der Waals surface area contributed by atoms with Crippen LogP contribution in [-0.2, 0) is 23.2 Å². The molecule has 3 rings (SSSR count). The van der Waals surface area contributed by atoms with Crippen molar-refractivity contribution >= 4 is 21.5 Å². The molecular formula is C18H14F3N3O3S. The maximum atomic E-state index is 12.6. The smallest absolute Gasteiger partial charge is 0.331 e. The Bertz CT molecular complexity index is 1100. The van der Waals surface area contributed by atoms with Gasteiger partial charge in [-0.25, -0.2) is 13.4 Å². The highest BCUT2D eigenvalue weighted by Crippen LogP contribution is 2.30. The number of aromatic nitrogens is 2. The number of imidazole rings is 1. The summed E-state index contributed by atoms with van der Waals surface area (Å²) in [6, 6.07) is 8.79. The number of carbonyl (C=O) groups excluding carboxylic acids is 1. The fourth-order valence-corrected chi connectivity index (χ4v) is 3.50. The normalized spacial score (nSPS) is 12.0. The second-order valence-corrected chi connectivity index (χ2v) is 7.58. The van der Waals surface area contributed by atoms with Crippen LogP contribution < -0.4 is 4.72 Å². The largest absolute Gasteiger partial charge is 0.416 e. The van der Waals surface area contributed by atoms with E-state index in [0.29, 0.717) is 17.7 Å². The Balaban J connectivity index is 1.78. The summed E-state index contributed by atoms with van der Waals surface area (Å²) in [5, 5.41) is 0. The number of halogens is 3. The van der Waals surface area contributed by atoms with Crippen molar-refractivity contribution in [1.82, 2.24) is 9.55 Å². The standard InChI is InChI=1S/C18H14F3N3O3S/c1-24-11-10-22-17(24)16(25)12-2-6-14(7-3-12)23-28(26,27)15-8-4-13(5-9-15)18(19,20)21/h2-11,23H,1H3. The molecule has 0 amide bonds. The Morgan fingerprint density at radius 2 is 1.64 bits per heavy atom. The van der Waals surface area contributed by atoms with Gasteiger partial charge < -0.3 is 4.57 Å². The number of carbonyl (C=O) groups is 1. The quantitative estimate of drug-likeness (QED) is 0.655. The van der Waals surface area contributed by atoms with Crippen molar-refractivity contribution in [1.29, 1.82) is 0 Å². The molecule has 6 nitrogen and oxygen atoms in total. The predicted octanol–water partition coefficient (Wildman–Crippen LogP) is 3.47. The number of hydrogen-bond donors (Lipinski definition) is 1. The first-order valence-electron chi connectivity index (χ1n) is 7.90. The molecule has 0 aliphatic heterocycles. The number of alkyl halides is 3. The van der Waals surface area contributed by atoms with Crippen molar-refractivity contribution in [3.05, 3.63) is 77.9 Å². The third-order valence-electron chi connectivity index (χ3n) is 3.92. The summed E-state index contributed by atoms with van der Waals surface area (Å²) >= 11 is 0. The third kappa shape index (κ3) is 4.06. The monoisotopic (exact) mass is 409 g/mol. The van der Waals surface area contributed by atoms with Gasteiger partial charge in [0.1, 0.15) is 0 Å². The second kappa shape index (κ2) is 7.12. The molecule has 0 unspecified atom stereocenters. The number of anilines is 1. The fourth-order valence-electron chi connectivity index (χ4n) is 2.44. The molecule has 1 aromatic heterocycles. The number of nitrogens with one attached hydrogen (secondary N) is 1. The molecule has 0 saturated heterocycles. The number of benzene rings is 2. The Kier molecular flexibility index (Phi) is 4.99. The zero-order chi connectivity index (χ0) is 20.5. The van der Waals surface area contributed by atoms with Crippen LogP contribution in [0.3, 0.4) is 0 Å². The van der Waals surface area contributed by atoms with Gasteiger partial charge in [0.05, 0.1) is 10.5 Å². The van der Waals surface area contributed by atoms with Crippen molar-refractivity contribution in [3.8, 4) is 0 Å². The Morgan fingerprint density at radius 1 is 1.04 bits per heavy atom. The zero-order valence-electron chi connectivity index (χ0n) is 14.4. The van der Waals surface area contributed by atoms with Crippen LogP contribution in [0.15, 0.2) is 65.8 Å². The van der Waals surface area contributed by atoms with E-state index in [2.05, 4.69) is 9.71 Å². The van der Waals surface area contributed by atoms with Crippen molar-refractivity contribution < 1.29 is 26.4 Å². The number of ketones is 1. The summed E-state index contributed by atoms with van der Waals surface area (Å²) < 4.78 is 66.3. The number of sulfonamides is 1. The van der Waals surface area contributed by atoms with Crippen LogP contribution in [0.1, 0.15) is 21.7 Å². The maximum absolute atomic E-state index is 12.6. The van der Waals surface area contributed by atoms with Gasteiger partial charge in [0, 0.05) is 30.7 Å². The molecule has 0 aliphatic rings. The van der Waals surface area contributed by atoms with E-state index < -0.39 is 21.8 Å². The summed E-state index contributed by atoms with van der Waals surface area (Å²) in [6.45, 7) is 0. The number of rotatable bonds is 5. The first-order valence-corrected chi connectivity index (χ1v) is 9.38. The summed E-state index contributed by atoms with van der Waals surface area (Å²) in [5.41, 5.74) is -0.466. The van der Waals surface area contributed by atoms with Gasteiger partial charge in [-0.05, 0) is 48.5 Å². The molecule has 10 heteroatoms. The van der Waals surface area contributed by atoms with Crippen LogP contribution in [0.4, 0.5) is 18.9 Å². The number of aryl methyl sites for hydroxylation is 1. The summed E-state index contributed by atoms with van der Waals surface area (Å²) in [7, 11) is -2.40. The molecule has 28 heavy (non-hydrogen) atoms. The molecule has 1 N–H and O–H groups in total. The Hall–Kier alpha value is -3.14. The van der Waals surface area contributed by atoms with E-state index in [1.807, 2.05) is 0 Å². The third-order valence-corrected chi connectivity index (χ3v) is 5.31. The van der Waals surface area contributed by atoms with Gasteiger partial charge in [-0.1, -0.05) is 0 Å². The van der Waals surface area contributed by atoms with Crippen LogP contribution in [-0.4, -0.2) is 23.8 Å². The van der Waals surface area contributed by atoms with Crippen LogP contribution in [0.2, 0.25) is 0 Å². The molecule has 3 aromatic rings. The Labute approximate surface area is 158 Å². The van der Waals surface area contributed by atoms with E-state index >= 15 is 0 Å². The first-order chi connectivity index (χ1) is 13.1. The van der Waals surface area contributed by atoms with Gasteiger partial charge in [0.25, 0.3) is 10.0 Å². The van der Waals surface area contributed by atoms with Gasteiger partial charge in [-0.3, -0.25) is 9.52 Å². The van der Waals surface area contributed by atoms with E-state index in [1.165, 1.54) is 30.5 Å². The fraction of sp³-hybridized carbons (Fsp3) is 0.111. The zero-order valence-corrected chi connectivity index (χ0v) is 15.3. The van der Waals surface area contributed by atoms with Gasteiger partial charge in [-0.2, -0.15) is 13.2 Å². The van der Waals surface area contributed by atoms with Crippen molar-refractivity contribution in [3.63, 3.8) is 0 Å². The minimum atomic E-state index is -4.55. The van der Waals surface area contributed by atoms with E-state index in [4.69, 9.17) is 0 Å². The van der Waals surface area contributed by atoms with Crippen LogP contribution in [0, 0.1) is 0 Å². The molecule has 0 aliphatic carbocycles. The van der Waals surface area contributed by atoms with Crippen molar-refractivity contribution in [2.45, 2.75) is 11.1 Å². The highest BCUT2D eigenvalue weighted by Gasteiger charge is 2.30. The lowest BCUT2D eigenvalue weighted by molar-refractivity contribution is -0.137. The molecule has 1 heterocycles. The highest BCUT2D eigenvalue weighted by molar-refractivity contribution is 7.92. The van der Waals surface area contributed by atoms with Crippen LogP contribution >= 0.6 is 0 Å². The molecule has 0 atom stereocenters. The van der Waals surface area contributed by atoms with Crippen LogP contribution in [0.25, 0.3) is 0 Å². The molecule has 146 valence electrons. The first kappa shape index (κ1) is 19.6. The van der Waals surface area contributed by atoms with Crippen molar-refractivity contribution in [2.75, 3.05) is 4.72 Å². The molecule has 0 saturated carbocycles. The molecule has 0 fully saturated rings. The number of nitrogens with zero attached hydrogens (tertiary/aromatic N) is 2. The van der Waals surface area contributed by atoms with Crippen LogP contribution in [0.5, 0.6) is 0 Å². The van der Waals surface area contributed by atoms with E-state index in [9.17, 15) is 26.4 Å². The van der Waals surface area contributed by atoms with Gasteiger partial charge in [0.2, 0.25) is 5.78 Å². The van der Waals surface area contributed by atoms with Gasteiger partial charge in [-0.15, -0.1) is 0 Å². The highest BCUT2D eigenvalue weighted by atomic mass is 32.2. The molecule has 0 spiro atoms. The summed E-state index contributed by atoms with van der Waals surface area (Å²) in [6.07, 6.45) is -1.44. The Morgan fingerprint density at radius 3 is 2.14 bits per heavy atom. The molecule has 0 bridgehead atoms. The predicted molar refractivity (Wildman–Crippen MR) is 95.3 cm³/mol. The molecule has 2 aromatic carbocycles. The topological polar surface area (TPSA) is 81.1 Å². The van der Waals surface area contributed by atoms with Gasteiger partial charge >= 0.3 is 6.18 Å². The maximum Gasteiger partial charge on any atom is 0.416 e. The minimum absolute atomic E-state index is 0.163.